The zero-order valence-corrected chi connectivity index (χ0v) is 13.7. The van der Waals surface area contributed by atoms with Gasteiger partial charge in [0, 0.05) is 17.5 Å². The quantitative estimate of drug-likeness (QED) is 0.866. The van der Waals surface area contributed by atoms with Crippen molar-refractivity contribution in [2.75, 3.05) is 0 Å². The largest absolute Gasteiger partial charge is 0.439 e. The van der Waals surface area contributed by atoms with Gasteiger partial charge in [-0.25, -0.2) is 4.98 Å². The molecule has 3 nitrogen and oxygen atoms in total. The third-order valence-corrected chi connectivity index (χ3v) is 3.67. The predicted molar refractivity (Wildman–Crippen MR) is 85.4 cm³/mol. The molecule has 0 radical (unpaired) electrons. The van der Waals surface area contributed by atoms with Crippen LogP contribution in [-0.4, -0.2) is 10.1 Å². The van der Waals surface area contributed by atoms with Crippen LogP contribution in [0.1, 0.15) is 32.0 Å². The van der Waals surface area contributed by atoms with Crippen molar-refractivity contribution < 1.29 is 9.84 Å². The minimum Gasteiger partial charge on any atom is -0.439 e. The lowest BCUT2D eigenvalue weighted by molar-refractivity contribution is 0.280. The normalized spacial score (nSPS) is 11.5. The first-order chi connectivity index (χ1) is 9.79. The maximum atomic E-state index is 9.38. The van der Waals surface area contributed by atoms with Crippen LogP contribution < -0.4 is 4.74 Å². The Morgan fingerprint density at radius 2 is 1.81 bits per heavy atom. The topological polar surface area (TPSA) is 42.4 Å². The lowest BCUT2D eigenvalue weighted by Crippen LogP contribution is -2.14. The van der Waals surface area contributed by atoms with Gasteiger partial charge in [0.25, 0.3) is 0 Å². The highest BCUT2D eigenvalue weighted by atomic mass is 35.5. The molecule has 0 spiro atoms. The Labute approximate surface area is 134 Å². The second-order valence-corrected chi connectivity index (χ2v) is 6.60. The number of ether oxygens (including phenoxy) is 1. The van der Waals surface area contributed by atoms with Crippen molar-refractivity contribution in [2.24, 2.45) is 0 Å². The lowest BCUT2D eigenvalue weighted by Gasteiger charge is -2.19. The summed E-state index contributed by atoms with van der Waals surface area (Å²) in [4.78, 5) is 4.49. The van der Waals surface area contributed by atoms with E-state index < -0.39 is 0 Å². The van der Waals surface area contributed by atoms with Gasteiger partial charge in [-0.15, -0.1) is 0 Å². The Morgan fingerprint density at radius 1 is 1.10 bits per heavy atom. The van der Waals surface area contributed by atoms with E-state index in [2.05, 4.69) is 25.8 Å². The number of halogens is 2. The number of aliphatic hydroxyl groups excluding tert-OH is 1. The first-order valence-corrected chi connectivity index (χ1v) is 7.30. The SMILES string of the molecule is CC(C)(C)c1cc(CO)cc(Oc2ccc(Cl)c(Cl)c2)n1. The Bertz CT molecular complexity index is 651. The smallest absolute Gasteiger partial charge is 0.219 e. The average molecular weight is 326 g/mol. The monoisotopic (exact) mass is 325 g/mol. The number of hydrogen-bond donors (Lipinski definition) is 1. The first kappa shape index (κ1) is 16.1. The average Bonchev–Trinajstić information content (AvgIpc) is 2.41. The van der Waals surface area contributed by atoms with E-state index in [-0.39, 0.29) is 12.0 Å². The molecule has 21 heavy (non-hydrogen) atoms. The number of benzene rings is 1. The fraction of sp³-hybridized carbons (Fsp3) is 0.312. The number of hydrogen-bond acceptors (Lipinski definition) is 3. The molecule has 0 amide bonds. The van der Waals surface area contributed by atoms with Crippen LogP contribution in [-0.2, 0) is 12.0 Å². The highest BCUT2D eigenvalue weighted by Gasteiger charge is 2.18. The van der Waals surface area contributed by atoms with Gasteiger partial charge in [0.15, 0.2) is 0 Å². The van der Waals surface area contributed by atoms with Crippen LogP contribution in [0.4, 0.5) is 0 Å². The fourth-order valence-electron chi connectivity index (χ4n) is 1.75. The van der Waals surface area contributed by atoms with Crippen LogP contribution in [0.25, 0.3) is 0 Å². The van der Waals surface area contributed by atoms with Crippen molar-refractivity contribution in [3.8, 4) is 11.6 Å². The molecule has 2 aromatic rings. The van der Waals surface area contributed by atoms with Crippen LogP contribution in [0.5, 0.6) is 11.6 Å². The predicted octanol–water partition coefficient (Wildman–Crippen LogP) is 4.97. The molecule has 2 rings (SSSR count). The molecular formula is C16H17Cl2NO2. The van der Waals surface area contributed by atoms with Crippen molar-refractivity contribution in [3.05, 3.63) is 51.6 Å². The summed E-state index contributed by atoms with van der Waals surface area (Å²) in [7, 11) is 0. The van der Waals surface area contributed by atoms with E-state index in [0.29, 0.717) is 21.7 Å². The van der Waals surface area contributed by atoms with Crippen LogP contribution in [0.3, 0.4) is 0 Å². The van der Waals surface area contributed by atoms with E-state index in [4.69, 9.17) is 27.9 Å². The summed E-state index contributed by atoms with van der Waals surface area (Å²) < 4.78 is 5.73. The fourth-order valence-corrected chi connectivity index (χ4v) is 2.04. The van der Waals surface area contributed by atoms with Crippen molar-refractivity contribution in [1.82, 2.24) is 4.98 Å². The zero-order valence-electron chi connectivity index (χ0n) is 12.2. The van der Waals surface area contributed by atoms with Gasteiger partial charge in [0.05, 0.1) is 22.3 Å². The number of nitrogens with zero attached hydrogens (tertiary/aromatic N) is 1. The van der Waals surface area contributed by atoms with Crippen LogP contribution >= 0.6 is 23.2 Å². The summed E-state index contributed by atoms with van der Waals surface area (Å²) in [5.41, 5.74) is 1.47. The Balaban J connectivity index is 2.36. The second kappa shape index (κ2) is 6.22. The van der Waals surface area contributed by atoms with E-state index in [1.807, 2.05) is 6.07 Å². The summed E-state index contributed by atoms with van der Waals surface area (Å²) in [6, 6.07) is 8.60. The van der Waals surface area contributed by atoms with E-state index >= 15 is 0 Å². The molecule has 0 saturated carbocycles. The molecule has 112 valence electrons. The molecule has 1 N–H and O–H groups in total. The molecule has 1 heterocycles. The van der Waals surface area contributed by atoms with Crippen LogP contribution in [0, 0.1) is 0 Å². The van der Waals surface area contributed by atoms with Gasteiger partial charge in [-0.05, 0) is 23.8 Å². The summed E-state index contributed by atoms with van der Waals surface area (Å²) >= 11 is 11.9. The first-order valence-electron chi connectivity index (χ1n) is 6.55. The Kier molecular flexibility index (Phi) is 4.77. The maximum Gasteiger partial charge on any atom is 0.219 e. The van der Waals surface area contributed by atoms with Gasteiger partial charge in [0.2, 0.25) is 5.88 Å². The van der Waals surface area contributed by atoms with E-state index in [1.54, 1.807) is 24.3 Å². The maximum absolute atomic E-state index is 9.38. The highest BCUT2D eigenvalue weighted by Crippen LogP contribution is 2.30. The van der Waals surface area contributed by atoms with Crippen molar-refractivity contribution in [3.63, 3.8) is 0 Å². The van der Waals surface area contributed by atoms with Crippen LogP contribution in [0.2, 0.25) is 10.0 Å². The second-order valence-electron chi connectivity index (χ2n) is 5.78. The third-order valence-electron chi connectivity index (χ3n) is 2.93. The molecular weight excluding hydrogens is 309 g/mol. The van der Waals surface area contributed by atoms with Crippen molar-refractivity contribution >= 4 is 23.2 Å². The minimum absolute atomic E-state index is 0.0661. The number of rotatable bonds is 3. The molecule has 0 aliphatic heterocycles. The molecule has 0 atom stereocenters. The highest BCUT2D eigenvalue weighted by molar-refractivity contribution is 6.42. The molecule has 0 aliphatic rings. The molecule has 5 heteroatoms. The van der Waals surface area contributed by atoms with Gasteiger partial charge < -0.3 is 9.84 Å². The van der Waals surface area contributed by atoms with Crippen molar-refractivity contribution in [2.45, 2.75) is 32.8 Å². The molecule has 0 unspecified atom stereocenters. The van der Waals surface area contributed by atoms with Gasteiger partial charge in [-0.3, -0.25) is 0 Å². The molecule has 1 aromatic carbocycles. The van der Waals surface area contributed by atoms with Gasteiger partial charge in [-0.1, -0.05) is 44.0 Å². The molecule has 0 saturated heterocycles. The summed E-state index contributed by atoms with van der Waals surface area (Å²) in [5, 5.41) is 10.3. The van der Waals surface area contributed by atoms with Crippen molar-refractivity contribution in [1.29, 1.82) is 0 Å². The van der Waals surface area contributed by atoms with Gasteiger partial charge in [-0.2, -0.15) is 0 Å². The molecule has 1 aromatic heterocycles. The molecule has 0 bridgehead atoms. The van der Waals surface area contributed by atoms with E-state index in [9.17, 15) is 5.11 Å². The van der Waals surface area contributed by atoms with Crippen LogP contribution in [0.15, 0.2) is 30.3 Å². The standard InChI is InChI=1S/C16H17Cl2NO2/c1-16(2,3)14-6-10(9-20)7-15(19-14)21-11-4-5-12(17)13(18)8-11/h4-8,20H,9H2,1-3H3. The van der Waals surface area contributed by atoms with E-state index in [1.165, 1.54) is 0 Å². The minimum atomic E-state index is -0.138. The number of pyridine rings is 1. The summed E-state index contributed by atoms with van der Waals surface area (Å²) in [6.07, 6.45) is 0. The number of aliphatic hydroxyl groups is 1. The molecule has 0 aliphatic carbocycles. The van der Waals surface area contributed by atoms with Gasteiger partial charge >= 0.3 is 0 Å². The summed E-state index contributed by atoms with van der Waals surface area (Å²) in [5.74, 6) is 0.969. The van der Waals surface area contributed by atoms with E-state index in [0.717, 1.165) is 11.3 Å². The molecule has 0 fully saturated rings. The lowest BCUT2D eigenvalue weighted by atomic mass is 9.91. The summed E-state index contributed by atoms with van der Waals surface area (Å²) in [6.45, 7) is 6.10. The number of aromatic nitrogens is 1. The third kappa shape index (κ3) is 4.10. The Morgan fingerprint density at radius 3 is 2.38 bits per heavy atom. The zero-order chi connectivity index (χ0) is 15.6. The Hall–Kier alpha value is -1.29. The van der Waals surface area contributed by atoms with Gasteiger partial charge in [0.1, 0.15) is 5.75 Å².